The fourth-order valence-electron chi connectivity index (χ4n) is 4.32. The van der Waals surface area contributed by atoms with Crippen LogP contribution in [0.1, 0.15) is 36.5 Å². The molecule has 2 aliphatic rings. The summed E-state index contributed by atoms with van der Waals surface area (Å²) in [4.78, 5) is 15.7. The zero-order chi connectivity index (χ0) is 23.6. The lowest BCUT2D eigenvalue weighted by molar-refractivity contribution is -0.118. The van der Waals surface area contributed by atoms with Crippen LogP contribution in [0.15, 0.2) is 46.2 Å². The number of likely N-dealkylation sites (tertiary alicyclic amines) is 1. The number of benzene rings is 2. The normalized spacial score (nSPS) is 20.2. The van der Waals surface area contributed by atoms with Crippen LogP contribution in [0.25, 0.3) is 0 Å². The summed E-state index contributed by atoms with van der Waals surface area (Å²) in [7, 11) is -3.63. The average molecular weight is 488 g/mol. The Hall–Kier alpha value is -1.87. The van der Waals surface area contributed by atoms with E-state index in [2.05, 4.69) is 47.0 Å². The van der Waals surface area contributed by atoms with E-state index in [1.54, 1.807) is 30.0 Å². The van der Waals surface area contributed by atoms with Crippen molar-refractivity contribution in [2.45, 2.75) is 49.9 Å². The number of hydrogen-bond donors (Lipinski definition) is 2. The fourth-order valence-corrected chi connectivity index (χ4v) is 6.47. The van der Waals surface area contributed by atoms with Crippen LogP contribution in [-0.2, 0) is 21.4 Å². The lowest BCUT2D eigenvalue weighted by Gasteiger charge is -2.32. The van der Waals surface area contributed by atoms with Crippen molar-refractivity contribution in [1.29, 1.82) is 0 Å². The molecule has 0 aliphatic carbocycles. The van der Waals surface area contributed by atoms with Gasteiger partial charge in [-0.25, -0.2) is 13.1 Å². The van der Waals surface area contributed by atoms with Crippen LogP contribution < -0.4 is 10.0 Å². The first-order chi connectivity index (χ1) is 15.7. The predicted molar refractivity (Wildman–Crippen MR) is 134 cm³/mol. The molecular formula is C25H33N3O3S2. The summed E-state index contributed by atoms with van der Waals surface area (Å²) in [6.07, 6.45) is 1.95. The zero-order valence-electron chi connectivity index (χ0n) is 19.6. The van der Waals surface area contributed by atoms with Gasteiger partial charge in [-0.05, 0) is 75.0 Å². The second-order valence-electron chi connectivity index (χ2n) is 9.36. The number of hydrogen-bond acceptors (Lipinski definition) is 5. The molecule has 1 atom stereocenters. The summed E-state index contributed by atoms with van der Waals surface area (Å²) in [6.45, 7) is 9.49. The molecule has 1 fully saturated rings. The Morgan fingerprint density at radius 1 is 1.12 bits per heavy atom. The quantitative estimate of drug-likeness (QED) is 0.639. The van der Waals surface area contributed by atoms with Gasteiger partial charge in [0, 0.05) is 29.7 Å². The van der Waals surface area contributed by atoms with Gasteiger partial charge in [0.15, 0.2) is 0 Å². The smallest absolute Gasteiger partial charge is 0.240 e. The van der Waals surface area contributed by atoms with E-state index in [1.165, 1.54) is 16.7 Å². The number of rotatable bonds is 6. The Bertz CT molecular complexity index is 1130. The highest BCUT2D eigenvalue weighted by Crippen LogP contribution is 2.34. The fraction of sp³-hybridized carbons (Fsp3) is 0.480. The van der Waals surface area contributed by atoms with Gasteiger partial charge in [0.05, 0.1) is 10.6 Å². The van der Waals surface area contributed by atoms with Crippen molar-refractivity contribution in [3.05, 3.63) is 53.1 Å². The van der Waals surface area contributed by atoms with E-state index in [1.807, 2.05) is 6.92 Å². The molecule has 8 heteroatoms. The molecule has 33 heavy (non-hydrogen) atoms. The standard InChI is InChI=1S/C25H33N3O3S2/c1-17-4-5-18(2)21(12-17)15-28-10-8-20(9-11-28)14-26-33(30,31)22-6-7-24-23(13-22)27-25(29)19(3)16-32-24/h4-7,12-13,19-20,26H,8-11,14-16H2,1-3H3,(H,27,29). The van der Waals surface area contributed by atoms with E-state index in [0.29, 0.717) is 23.9 Å². The third kappa shape index (κ3) is 5.98. The van der Waals surface area contributed by atoms with Crippen LogP contribution in [-0.4, -0.2) is 44.6 Å². The second-order valence-corrected chi connectivity index (χ2v) is 12.2. The van der Waals surface area contributed by atoms with Crippen molar-refractivity contribution in [2.24, 2.45) is 11.8 Å². The van der Waals surface area contributed by atoms with E-state index in [0.717, 1.165) is 37.4 Å². The number of piperidine rings is 1. The van der Waals surface area contributed by atoms with Gasteiger partial charge in [-0.3, -0.25) is 9.69 Å². The molecule has 2 heterocycles. The SMILES string of the molecule is Cc1ccc(C)c(CN2CCC(CNS(=O)(=O)c3ccc4c(c3)NC(=O)C(C)CS4)CC2)c1. The van der Waals surface area contributed by atoms with Crippen molar-refractivity contribution >= 4 is 33.4 Å². The van der Waals surface area contributed by atoms with Gasteiger partial charge in [0.25, 0.3) is 0 Å². The number of thioether (sulfide) groups is 1. The molecule has 1 amide bonds. The van der Waals surface area contributed by atoms with Gasteiger partial charge in [-0.2, -0.15) is 0 Å². The van der Waals surface area contributed by atoms with Crippen molar-refractivity contribution in [2.75, 3.05) is 30.7 Å². The third-order valence-corrected chi connectivity index (χ3v) is 9.38. The first-order valence-corrected chi connectivity index (χ1v) is 14.0. The molecule has 2 aromatic rings. The van der Waals surface area contributed by atoms with Crippen LogP contribution in [0.5, 0.6) is 0 Å². The van der Waals surface area contributed by atoms with Crippen molar-refractivity contribution in [3.8, 4) is 0 Å². The molecule has 0 aromatic heterocycles. The highest BCUT2D eigenvalue weighted by Gasteiger charge is 2.25. The molecule has 2 N–H and O–H groups in total. The minimum absolute atomic E-state index is 0.0728. The molecule has 0 spiro atoms. The number of amides is 1. The Labute approximate surface area is 201 Å². The van der Waals surface area contributed by atoms with E-state index < -0.39 is 10.0 Å². The summed E-state index contributed by atoms with van der Waals surface area (Å²) < 4.78 is 28.7. The highest BCUT2D eigenvalue weighted by atomic mass is 32.2. The summed E-state index contributed by atoms with van der Waals surface area (Å²) in [6, 6.07) is 11.6. The lowest BCUT2D eigenvalue weighted by Crippen LogP contribution is -2.38. The zero-order valence-corrected chi connectivity index (χ0v) is 21.2. The summed E-state index contributed by atoms with van der Waals surface area (Å²) in [5, 5.41) is 2.86. The third-order valence-electron chi connectivity index (χ3n) is 6.62. The minimum Gasteiger partial charge on any atom is -0.325 e. The van der Waals surface area contributed by atoms with E-state index in [9.17, 15) is 13.2 Å². The molecule has 0 saturated carbocycles. The lowest BCUT2D eigenvalue weighted by atomic mass is 9.96. The maximum absolute atomic E-state index is 12.9. The van der Waals surface area contributed by atoms with E-state index >= 15 is 0 Å². The maximum atomic E-state index is 12.9. The monoisotopic (exact) mass is 487 g/mol. The van der Waals surface area contributed by atoms with Gasteiger partial charge in [-0.15, -0.1) is 11.8 Å². The average Bonchev–Trinajstić information content (AvgIpc) is 2.93. The topological polar surface area (TPSA) is 78.5 Å². The number of carbonyl (C=O) groups excluding carboxylic acids is 1. The maximum Gasteiger partial charge on any atom is 0.240 e. The summed E-state index contributed by atoms with van der Waals surface area (Å²) in [5.41, 5.74) is 4.56. The van der Waals surface area contributed by atoms with Gasteiger partial charge < -0.3 is 5.32 Å². The molecule has 4 rings (SSSR count). The predicted octanol–water partition coefficient (Wildman–Crippen LogP) is 4.17. The molecule has 2 aliphatic heterocycles. The van der Waals surface area contributed by atoms with Gasteiger partial charge in [-0.1, -0.05) is 30.7 Å². The molecule has 178 valence electrons. The van der Waals surface area contributed by atoms with Crippen LogP contribution >= 0.6 is 11.8 Å². The molecule has 6 nitrogen and oxygen atoms in total. The number of fused-ring (bicyclic) bond motifs is 1. The Kier molecular flexibility index (Phi) is 7.48. The van der Waals surface area contributed by atoms with Crippen molar-refractivity contribution in [3.63, 3.8) is 0 Å². The summed E-state index contributed by atoms with van der Waals surface area (Å²) >= 11 is 1.58. The number of nitrogens with zero attached hydrogens (tertiary/aromatic N) is 1. The molecule has 2 aromatic carbocycles. The number of anilines is 1. The van der Waals surface area contributed by atoms with Crippen LogP contribution in [0.4, 0.5) is 5.69 Å². The highest BCUT2D eigenvalue weighted by molar-refractivity contribution is 7.99. The Morgan fingerprint density at radius 3 is 2.64 bits per heavy atom. The van der Waals surface area contributed by atoms with E-state index in [4.69, 9.17) is 0 Å². The van der Waals surface area contributed by atoms with Crippen LogP contribution in [0.3, 0.4) is 0 Å². The van der Waals surface area contributed by atoms with Crippen LogP contribution in [0.2, 0.25) is 0 Å². The second kappa shape index (κ2) is 10.2. The van der Waals surface area contributed by atoms with Gasteiger partial charge in [0.1, 0.15) is 0 Å². The van der Waals surface area contributed by atoms with Gasteiger partial charge >= 0.3 is 0 Å². The summed E-state index contributed by atoms with van der Waals surface area (Å²) in [5.74, 6) is 0.829. The van der Waals surface area contributed by atoms with Crippen molar-refractivity contribution < 1.29 is 13.2 Å². The van der Waals surface area contributed by atoms with Gasteiger partial charge in [0.2, 0.25) is 15.9 Å². The number of sulfonamides is 1. The number of nitrogens with one attached hydrogen (secondary N) is 2. The van der Waals surface area contributed by atoms with Crippen molar-refractivity contribution in [1.82, 2.24) is 9.62 Å². The Balaban J connectivity index is 1.32. The Morgan fingerprint density at radius 2 is 1.88 bits per heavy atom. The first-order valence-electron chi connectivity index (χ1n) is 11.6. The molecular weight excluding hydrogens is 454 g/mol. The molecule has 0 radical (unpaired) electrons. The molecule has 1 unspecified atom stereocenters. The number of aryl methyl sites for hydroxylation is 2. The largest absolute Gasteiger partial charge is 0.325 e. The van der Waals surface area contributed by atoms with E-state index in [-0.39, 0.29) is 16.7 Å². The van der Waals surface area contributed by atoms with Crippen LogP contribution in [0, 0.1) is 25.7 Å². The molecule has 1 saturated heterocycles. The first kappa shape index (κ1) is 24.3. The molecule has 0 bridgehead atoms. The number of carbonyl (C=O) groups is 1. The minimum atomic E-state index is -3.63.